The molecule has 0 bridgehead atoms. The van der Waals surface area contributed by atoms with Gasteiger partial charge < -0.3 is 15.8 Å². The number of nitrogens with two attached hydrogens (primary N) is 1. The Morgan fingerprint density at radius 2 is 1.48 bits per heavy atom. The summed E-state index contributed by atoms with van der Waals surface area (Å²) in [7, 11) is 0. The van der Waals surface area contributed by atoms with Crippen molar-refractivity contribution >= 4 is 5.97 Å². The van der Waals surface area contributed by atoms with Crippen LogP contribution in [0.5, 0.6) is 0 Å². The lowest BCUT2D eigenvalue weighted by Gasteiger charge is -2.06. The molecular formula is C17H36N2O2. The summed E-state index contributed by atoms with van der Waals surface area (Å²) in [5.74, 6) is -0.171. The molecule has 0 radical (unpaired) electrons. The van der Waals surface area contributed by atoms with Gasteiger partial charge in [0.1, 0.15) is 0 Å². The Balaban J connectivity index is 3.06. The van der Waals surface area contributed by atoms with Crippen molar-refractivity contribution in [2.24, 2.45) is 5.73 Å². The fourth-order valence-electron chi connectivity index (χ4n) is 2.25. The van der Waals surface area contributed by atoms with E-state index in [0.717, 1.165) is 19.4 Å². The zero-order valence-corrected chi connectivity index (χ0v) is 14.0. The van der Waals surface area contributed by atoms with Gasteiger partial charge in [-0.05, 0) is 25.9 Å². The van der Waals surface area contributed by atoms with Gasteiger partial charge in [-0.15, -0.1) is 0 Å². The molecule has 0 aromatic carbocycles. The van der Waals surface area contributed by atoms with Crippen LogP contribution in [-0.4, -0.2) is 32.2 Å². The van der Waals surface area contributed by atoms with Crippen molar-refractivity contribution < 1.29 is 9.53 Å². The third kappa shape index (κ3) is 17.3. The molecule has 21 heavy (non-hydrogen) atoms. The molecule has 0 unspecified atom stereocenters. The Kier molecular flexibility index (Phi) is 16.9. The molecular weight excluding hydrogens is 264 g/mol. The maximum atomic E-state index is 11.3. The van der Waals surface area contributed by atoms with E-state index in [0.29, 0.717) is 19.7 Å². The molecule has 3 N–H and O–H groups in total. The van der Waals surface area contributed by atoms with Gasteiger partial charge in [-0.3, -0.25) is 4.79 Å². The van der Waals surface area contributed by atoms with Gasteiger partial charge in [0, 0.05) is 0 Å². The molecule has 0 aliphatic heterocycles. The topological polar surface area (TPSA) is 64.3 Å². The Hall–Kier alpha value is -0.610. The first-order chi connectivity index (χ1) is 10.3. The fourth-order valence-corrected chi connectivity index (χ4v) is 2.25. The van der Waals surface area contributed by atoms with Crippen LogP contribution >= 0.6 is 0 Å². The number of hydrogen-bond donors (Lipinski definition) is 2. The molecule has 0 rings (SSSR count). The number of esters is 1. The van der Waals surface area contributed by atoms with Crippen LogP contribution in [0.25, 0.3) is 0 Å². The van der Waals surface area contributed by atoms with Crippen molar-refractivity contribution in [2.75, 3.05) is 26.2 Å². The van der Waals surface area contributed by atoms with Gasteiger partial charge in [-0.1, -0.05) is 64.7 Å². The van der Waals surface area contributed by atoms with E-state index in [1.807, 2.05) is 0 Å². The molecule has 4 heteroatoms. The largest absolute Gasteiger partial charge is 0.465 e. The predicted octanol–water partition coefficient (Wildman–Crippen LogP) is 3.39. The second kappa shape index (κ2) is 17.4. The third-order valence-electron chi connectivity index (χ3n) is 3.59. The summed E-state index contributed by atoms with van der Waals surface area (Å²) in [4.78, 5) is 11.3. The van der Waals surface area contributed by atoms with E-state index in [1.165, 1.54) is 57.8 Å². The van der Waals surface area contributed by atoms with Gasteiger partial charge in [0.15, 0.2) is 0 Å². The molecule has 0 saturated carbocycles. The normalized spacial score (nSPS) is 10.8. The molecule has 0 heterocycles. The van der Waals surface area contributed by atoms with Crippen molar-refractivity contribution in [3.8, 4) is 0 Å². The number of carbonyl (C=O) groups is 1. The lowest BCUT2D eigenvalue weighted by Crippen LogP contribution is -2.26. The highest BCUT2D eigenvalue weighted by Crippen LogP contribution is 2.10. The van der Waals surface area contributed by atoms with Crippen LogP contribution in [0.3, 0.4) is 0 Å². The summed E-state index contributed by atoms with van der Waals surface area (Å²) in [5, 5.41) is 3.13. The summed E-state index contributed by atoms with van der Waals surface area (Å²) in [6.07, 6.45) is 14.1. The number of ether oxygens (including phenoxy) is 1. The lowest BCUT2D eigenvalue weighted by atomic mass is 10.1. The number of unbranched alkanes of at least 4 members (excludes halogenated alkanes) is 9. The zero-order chi connectivity index (χ0) is 15.6. The van der Waals surface area contributed by atoms with E-state index >= 15 is 0 Å². The van der Waals surface area contributed by atoms with Crippen LogP contribution in [0.4, 0.5) is 0 Å². The Labute approximate surface area is 131 Å². The molecule has 0 aromatic rings. The Morgan fingerprint density at radius 1 is 0.905 bits per heavy atom. The monoisotopic (exact) mass is 300 g/mol. The number of nitrogens with one attached hydrogen (secondary N) is 1. The van der Waals surface area contributed by atoms with Gasteiger partial charge in [0.05, 0.1) is 13.2 Å². The number of carbonyl (C=O) groups excluding carboxylic acids is 1. The second-order valence-corrected chi connectivity index (χ2v) is 5.72. The minimum absolute atomic E-state index is 0.171. The minimum atomic E-state index is -0.171. The highest BCUT2D eigenvalue weighted by molar-refractivity contribution is 5.71. The predicted molar refractivity (Wildman–Crippen MR) is 89.3 cm³/mol. The van der Waals surface area contributed by atoms with Gasteiger partial charge in [-0.2, -0.15) is 0 Å². The molecule has 0 atom stereocenters. The summed E-state index contributed by atoms with van der Waals surface area (Å²) in [6.45, 7) is 4.49. The quantitative estimate of drug-likeness (QED) is 0.339. The fraction of sp³-hybridized carbons (Fsp3) is 0.941. The third-order valence-corrected chi connectivity index (χ3v) is 3.59. The van der Waals surface area contributed by atoms with Gasteiger partial charge >= 0.3 is 5.97 Å². The summed E-state index contributed by atoms with van der Waals surface area (Å²) in [5.41, 5.74) is 5.33. The Morgan fingerprint density at radius 3 is 2.05 bits per heavy atom. The first-order valence-corrected chi connectivity index (χ1v) is 8.87. The molecule has 0 spiro atoms. The zero-order valence-electron chi connectivity index (χ0n) is 14.0. The maximum Gasteiger partial charge on any atom is 0.319 e. The molecule has 0 aliphatic rings. The Bertz CT molecular complexity index is 223. The van der Waals surface area contributed by atoms with E-state index in [4.69, 9.17) is 10.5 Å². The van der Waals surface area contributed by atoms with Crippen molar-refractivity contribution in [1.82, 2.24) is 5.32 Å². The van der Waals surface area contributed by atoms with Gasteiger partial charge in [0.25, 0.3) is 0 Å². The average molecular weight is 300 g/mol. The van der Waals surface area contributed by atoms with E-state index in [2.05, 4.69) is 12.2 Å². The SMILES string of the molecule is CCCCCCCCCCCCNCC(=O)OCCCN. The molecule has 0 saturated heterocycles. The maximum absolute atomic E-state index is 11.3. The van der Waals surface area contributed by atoms with Crippen molar-refractivity contribution in [3.05, 3.63) is 0 Å². The van der Waals surface area contributed by atoms with E-state index in [1.54, 1.807) is 0 Å². The molecule has 0 amide bonds. The highest BCUT2D eigenvalue weighted by atomic mass is 16.5. The smallest absolute Gasteiger partial charge is 0.319 e. The standard InChI is InChI=1S/C17H36N2O2/c1-2-3-4-5-6-7-8-9-10-11-14-19-16-17(20)21-15-12-13-18/h19H,2-16,18H2,1H3. The van der Waals surface area contributed by atoms with Gasteiger partial charge in [-0.25, -0.2) is 0 Å². The average Bonchev–Trinajstić information content (AvgIpc) is 2.48. The van der Waals surface area contributed by atoms with E-state index < -0.39 is 0 Å². The van der Waals surface area contributed by atoms with Gasteiger partial charge in [0.2, 0.25) is 0 Å². The highest BCUT2D eigenvalue weighted by Gasteiger charge is 2.00. The van der Waals surface area contributed by atoms with Crippen molar-refractivity contribution in [3.63, 3.8) is 0 Å². The van der Waals surface area contributed by atoms with Crippen molar-refractivity contribution in [1.29, 1.82) is 0 Å². The summed E-state index contributed by atoms with van der Waals surface area (Å²) >= 11 is 0. The molecule has 4 nitrogen and oxygen atoms in total. The molecule has 0 aliphatic carbocycles. The van der Waals surface area contributed by atoms with Crippen LogP contribution in [0.2, 0.25) is 0 Å². The second-order valence-electron chi connectivity index (χ2n) is 5.72. The molecule has 0 aromatic heterocycles. The molecule has 0 fully saturated rings. The number of rotatable bonds is 16. The summed E-state index contributed by atoms with van der Waals surface area (Å²) in [6, 6.07) is 0. The minimum Gasteiger partial charge on any atom is -0.465 e. The first kappa shape index (κ1) is 20.4. The lowest BCUT2D eigenvalue weighted by molar-refractivity contribution is -0.142. The van der Waals surface area contributed by atoms with Crippen LogP contribution < -0.4 is 11.1 Å². The van der Waals surface area contributed by atoms with E-state index in [-0.39, 0.29) is 5.97 Å². The van der Waals surface area contributed by atoms with Crippen LogP contribution in [-0.2, 0) is 9.53 Å². The van der Waals surface area contributed by atoms with Crippen molar-refractivity contribution in [2.45, 2.75) is 77.6 Å². The van der Waals surface area contributed by atoms with E-state index in [9.17, 15) is 4.79 Å². The molecule has 126 valence electrons. The number of hydrogen-bond acceptors (Lipinski definition) is 4. The van der Waals surface area contributed by atoms with Crippen LogP contribution in [0.15, 0.2) is 0 Å². The van der Waals surface area contributed by atoms with Crippen LogP contribution in [0, 0.1) is 0 Å². The summed E-state index contributed by atoms with van der Waals surface area (Å²) < 4.78 is 5.00. The first-order valence-electron chi connectivity index (χ1n) is 8.87. The van der Waals surface area contributed by atoms with Crippen LogP contribution in [0.1, 0.15) is 77.6 Å².